The molecule has 0 saturated carbocycles. The molecule has 0 aromatic heterocycles. The molecule has 162 valence electrons. The Morgan fingerprint density at radius 2 is 1.50 bits per heavy atom. The fourth-order valence-corrected chi connectivity index (χ4v) is 2.51. The average molecular weight is 437 g/mol. The Morgan fingerprint density at radius 1 is 0.875 bits per heavy atom. The molecule has 9 heteroatoms. The van der Waals surface area contributed by atoms with Crippen molar-refractivity contribution in [2.24, 2.45) is 5.10 Å². The van der Waals surface area contributed by atoms with E-state index in [1.54, 1.807) is 12.1 Å². The Labute approximate surface area is 181 Å². The van der Waals surface area contributed by atoms with Crippen LogP contribution in [-0.2, 0) is 4.79 Å². The van der Waals surface area contributed by atoms with Crippen LogP contribution in [0.4, 0.5) is 8.78 Å². The second-order valence-electron chi connectivity index (χ2n) is 6.46. The highest BCUT2D eigenvalue weighted by Crippen LogP contribution is 2.14. The monoisotopic (exact) mass is 437 g/mol. The zero-order valence-electron chi connectivity index (χ0n) is 16.5. The van der Waals surface area contributed by atoms with Crippen molar-refractivity contribution in [2.45, 2.75) is 0 Å². The normalized spacial score (nSPS) is 10.6. The smallest absolute Gasteiger partial charge is 0.343 e. The largest absolute Gasteiger partial charge is 0.423 e. The number of nitrogens with zero attached hydrogens (tertiary/aromatic N) is 1. The lowest BCUT2D eigenvalue weighted by Crippen LogP contribution is -2.34. The van der Waals surface area contributed by atoms with E-state index in [4.69, 9.17) is 4.74 Å². The van der Waals surface area contributed by atoms with Gasteiger partial charge in [-0.15, -0.1) is 0 Å². The number of nitrogens with one attached hydrogen (secondary N) is 2. The van der Waals surface area contributed by atoms with Crippen molar-refractivity contribution in [3.8, 4) is 5.75 Å². The molecule has 0 spiro atoms. The summed E-state index contributed by atoms with van der Waals surface area (Å²) in [5, 5.41) is 6.12. The Bertz CT molecular complexity index is 1160. The molecule has 3 aromatic carbocycles. The maximum absolute atomic E-state index is 13.2. The summed E-state index contributed by atoms with van der Waals surface area (Å²) in [5.74, 6) is -2.71. The SMILES string of the molecule is O=C(CNC(=O)c1cccc(F)c1)NN=Cc1ccc(OC(=O)c2cccc(F)c2)cc1. The number of amides is 2. The van der Waals surface area contributed by atoms with E-state index in [-0.39, 0.29) is 23.4 Å². The number of carbonyl (C=O) groups excluding carboxylic acids is 3. The summed E-state index contributed by atoms with van der Waals surface area (Å²) in [4.78, 5) is 35.6. The van der Waals surface area contributed by atoms with Gasteiger partial charge >= 0.3 is 5.97 Å². The molecule has 32 heavy (non-hydrogen) atoms. The molecule has 2 N–H and O–H groups in total. The van der Waals surface area contributed by atoms with Crippen LogP contribution in [0.25, 0.3) is 0 Å². The van der Waals surface area contributed by atoms with Crippen LogP contribution >= 0.6 is 0 Å². The van der Waals surface area contributed by atoms with Crippen molar-refractivity contribution in [3.05, 3.63) is 101 Å². The number of rotatable bonds is 7. The van der Waals surface area contributed by atoms with Gasteiger partial charge in [0.1, 0.15) is 17.4 Å². The fraction of sp³-hybridized carbons (Fsp3) is 0.0435. The van der Waals surface area contributed by atoms with Gasteiger partial charge in [-0.25, -0.2) is 19.0 Å². The third kappa shape index (κ3) is 6.56. The molecule has 0 bridgehead atoms. The molecule has 0 saturated heterocycles. The molecule has 3 rings (SSSR count). The van der Waals surface area contributed by atoms with Gasteiger partial charge in [0, 0.05) is 5.56 Å². The highest BCUT2D eigenvalue weighted by atomic mass is 19.1. The molecular formula is C23H17F2N3O4. The maximum atomic E-state index is 13.2. The van der Waals surface area contributed by atoms with Gasteiger partial charge < -0.3 is 10.1 Å². The van der Waals surface area contributed by atoms with Crippen molar-refractivity contribution < 1.29 is 27.9 Å². The third-order valence-corrected chi connectivity index (χ3v) is 4.05. The minimum Gasteiger partial charge on any atom is -0.423 e. The Balaban J connectivity index is 1.45. The van der Waals surface area contributed by atoms with Crippen LogP contribution in [0.3, 0.4) is 0 Å². The molecule has 0 radical (unpaired) electrons. The van der Waals surface area contributed by atoms with Crippen molar-refractivity contribution in [1.29, 1.82) is 0 Å². The van der Waals surface area contributed by atoms with Crippen LogP contribution < -0.4 is 15.5 Å². The lowest BCUT2D eigenvalue weighted by Gasteiger charge is -2.05. The van der Waals surface area contributed by atoms with Crippen LogP contribution in [0.2, 0.25) is 0 Å². The Kier molecular flexibility index (Phi) is 7.37. The molecular weight excluding hydrogens is 420 g/mol. The van der Waals surface area contributed by atoms with Gasteiger partial charge in [-0.2, -0.15) is 5.10 Å². The lowest BCUT2D eigenvalue weighted by molar-refractivity contribution is -0.120. The van der Waals surface area contributed by atoms with E-state index in [1.807, 2.05) is 0 Å². The van der Waals surface area contributed by atoms with Gasteiger partial charge in [-0.1, -0.05) is 12.1 Å². The first-order chi connectivity index (χ1) is 15.4. The number of ether oxygens (including phenoxy) is 1. The van der Waals surface area contributed by atoms with Crippen molar-refractivity contribution >= 4 is 24.0 Å². The summed E-state index contributed by atoms with van der Waals surface area (Å²) in [5.41, 5.74) is 3.02. The van der Waals surface area contributed by atoms with E-state index >= 15 is 0 Å². The van der Waals surface area contributed by atoms with Gasteiger partial charge in [-0.3, -0.25) is 9.59 Å². The van der Waals surface area contributed by atoms with Crippen molar-refractivity contribution in [3.63, 3.8) is 0 Å². The fourth-order valence-electron chi connectivity index (χ4n) is 2.51. The molecule has 0 atom stereocenters. The second-order valence-corrected chi connectivity index (χ2v) is 6.46. The summed E-state index contributed by atoms with van der Waals surface area (Å²) < 4.78 is 31.5. The number of carbonyl (C=O) groups is 3. The molecule has 7 nitrogen and oxygen atoms in total. The first-order valence-corrected chi connectivity index (χ1v) is 9.34. The Hall–Kier alpha value is -4.40. The van der Waals surface area contributed by atoms with Gasteiger partial charge in [0.15, 0.2) is 0 Å². The number of benzene rings is 3. The summed E-state index contributed by atoms with van der Waals surface area (Å²) >= 11 is 0. The van der Waals surface area contributed by atoms with E-state index in [0.717, 1.165) is 12.1 Å². The van der Waals surface area contributed by atoms with E-state index in [1.165, 1.54) is 54.7 Å². The molecule has 0 aliphatic carbocycles. The van der Waals surface area contributed by atoms with Gasteiger partial charge in [0.25, 0.3) is 11.8 Å². The van der Waals surface area contributed by atoms with E-state index in [2.05, 4.69) is 15.8 Å². The number of hydrogen-bond acceptors (Lipinski definition) is 5. The molecule has 0 fully saturated rings. The highest BCUT2D eigenvalue weighted by Gasteiger charge is 2.10. The summed E-state index contributed by atoms with van der Waals surface area (Å²) in [7, 11) is 0. The Morgan fingerprint density at radius 3 is 2.16 bits per heavy atom. The van der Waals surface area contributed by atoms with E-state index < -0.39 is 29.4 Å². The second kappa shape index (κ2) is 10.6. The molecule has 0 unspecified atom stereocenters. The average Bonchev–Trinajstić information content (AvgIpc) is 2.78. The zero-order valence-corrected chi connectivity index (χ0v) is 16.5. The highest BCUT2D eigenvalue weighted by molar-refractivity contribution is 5.96. The van der Waals surface area contributed by atoms with Gasteiger partial charge in [-0.05, 0) is 66.2 Å². The van der Waals surface area contributed by atoms with Crippen LogP contribution in [0.1, 0.15) is 26.3 Å². The quantitative estimate of drug-likeness (QED) is 0.257. The van der Waals surface area contributed by atoms with Gasteiger partial charge in [0.05, 0.1) is 18.3 Å². The minimum atomic E-state index is -0.696. The third-order valence-electron chi connectivity index (χ3n) is 4.05. The van der Waals surface area contributed by atoms with Crippen LogP contribution in [0.5, 0.6) is 5.75 Å². The molecule has 0 aliphatic rings. The van der Waals surface area contributed by atoms with E-state index in [0.29, 0.717) is 5.56 Å². The predicted molar refractivity (Wildman–Crippen MR) is 112 cm³/mol. The predicted octanol–water partition coefficient (Wildman–Crippen LogP) is 3.06. The zero-order chi connectivity index (χ0) is 22.9. The van der Waals surface area contributed by atoms with E-state index in [9.17, 15) is 23.2 Å². The molecule has 0 aliphatic heterocycles. The van der Waals surface area contributed by atoms with Crippen molar-refractivity contribution in [2.75, 3.05) is 6.54 Å². The summed E-state index contributed by atoms with van der Waals surface area (Å²) in [6.07, 6.45) is 1.35. The standard InChI is InChI=1S/C23H17F2N3O4/c24-18-5-1-3-16(11-18)22(30)26-14-21(29)28-27-13-15-7-9-20(10-8-15)32-23(31)17-4-2-6-19(25)12-17/h1-13H,14H2,(H,26,30)(H,28,29). The van der Waals surface area contributed by atoms with Crippen LogP contribution in [0.15, 0.2) is 77.9 Å². The number of halogens is 2. The van der Waals surface area contributed by atoms with Crippen molar-refractivity contribution in [1.82, 2.24) is 10.7 Å². The minimum absolute atomic E-state index is 0.0860. The first-order valence-electron chi connectivity index (χ1n) is 9.34. The lowest BCUT2D eigenvalue weighted by atomic mass is 10.2. The maximum Gasteiger partial charge on any atom is 0.343 e. The number of esters is 1. The summed E-state index contributed by atoms with van der Waals surface area (Å²) in [6, 6.07) is 16.4. The topological polar surface area (TPSA) is 96.9 Å². The molecule has 3 aromatic rings. The van der Waals surface area contributed by atoms with Gasteiger partial charge in [0.2, 0.25) is 0 Å². The number of hydrogen-bond donors (Lipinski definition) is 2. The molecule has 0 heterocycles. The van der Waals surface area contributed by atoms with Crippen LogP contribution in [0, 0.1) is 11.6 Å². The van der Waals surface area contributed by atoms with Crippen LogP contribution in [-0.4, -0.2) is 30.5 Å². The first kappa shape index (κ1) is 22.3. The molecule has 2 amide bonds. The summed E-state index contributed by atoms with van der Waals surface area (Å²) in [6.45, 7) is -0.346. The number of hydrazone groups is 1.